The van der Waals surface area contributed by atoms with E-state index in [2.05, 4.69) is 28.9 Å². The first kappa shape index (κ1) is 22.8. The third-order valence-electron chi connectivity index (χ3n) is 7.30. The van der Waals surface area contributed by atoms with Crippen LogP contribution in [0.2, 0.25) is 0 Å². The Kier molecular flexibility index (Phi) is 6.77. The quantitative estimate of drug-likeness (QED) is 0.446. The first-order valence-corrected chi connectivity index (χ1v) is 12.5. The molecule has 2 heterocycles. The molecule has 3 aromatic rings. The Morgan fingerprint density at radius 2 is 1.76 bits per heavy atom. The maximum Gasteiger partial charge on any atom is 0.230 e. The Morgan fingerprint density at radius 3 is 2.47 bits per heavy atom. The first-order chi connectivity index (χ1) is 16.6. The highest BCUT2D eigenvalue weighted by molar-refractivity contribution is 5.70. The van der Waals surface area contributed by atoms with Crippen LogP contribution in [0.3, 0.4) is 0 Å². The van der Waals surface area contributed by atoms with Gasteiger partial charge in [0, 0.05) is 30.4 Å². The van der Waals surface area contributed by atoms with Gasteiger partial charge in [0.05, 0.1) is 23.7 Å². The van der Waals surface area contributed by atoms with Gasteiger partial charge in [-0.25, -0.2) is 14.4 Å². The van der Waals surface area contributed by atoms with Gasteiger partial charge in [-0.15, -0.1) is 0 Å². The van der Waals surface area contributed by atoms with E-state index >= 15 is 0 Å². The van der Waals surface area contributed by atoms with E-state index in [0.717, 1.165) is 80.3 Å². The summed E-state index contributed by atoms with van der Waals surface area (Å²) < 4.78 is 13.6. The molecule has 0 bridgehead atoms. The molecule has 1 aliphatic heterocycles. The number of anilines is 4. The maximum atomic E-state index is 13.6. The van der Waals surface area contributed by atoms with E-state index in [0.29, 0.717) is 5.92 Å². The fourth-order valence-electron chi connectivity index (χ4n) is 5.38. The third-order valence-corrected chi connectivity index (χ3v) is 7.30. The fraction of sp³-hybridized carbons (Fsp3) is 0.429. The highest BCUT2D eigenvalue weighted by atomic mass is 19.1. The number of aromatic nitrogens is 2. The van der Waals surface area contributed by atoms with Crippen LogP contribution in [0.25, 0.3) is 0 Å². The Morgan fingerprint density at radius 1 is 1.03 bits per heavy atom. The summed E-state index contributed by atoms with van der Waals surface area (Å²) in [4.78, 5) is 14.5. The fourth-order valence-corrected chi connectivity index (χ4v) is 5.38. The minimum atomic E-state index is -0.234. The van der Waals surface area contributed by atoms with Crippen molar-refractivity contribution in [3.05, 3.63) is 72.3 Å². The van der Waals surface area contributed by atoms with E-state index in [1.807, 2.05) is 36.5 Å². The lowest BCUT2D eigenvalue weighted by Gasteiger charge is -2.30. The molecule has 0 amide bonds. The molecule has 1 unspecified atom stereocenters. The lowest BCUT2D eigenvalue weighted by molar-refractivity contribution is 0.102. The number of nitrogens with zero attached hydrogens (tertiary/aromatic N) is 4. The molecule has 1 aliphatic carbocycles. The van der Waals surface area contributed by atoms with Crippen LogP contribution in [0.15, 0.2) is 60.8 Å². The lowest BCUT2D eigenvalue weighted by Crippen LogP contribution is -2.26. The molecule has 1 N–H and O–H groups in total. The second-order valence-corrected chi connectivity index (χ2v) is 9.54. The summed E-state index contributed by atoms with van der Waals surface area (Å²) in [5, 5.41) is 10.1. The van der Waals surface area contributed by atoms with Gasteiger partial charge in [0.25, 0.3) is 0 Å². The van der Waals surface area contributed by atoms with E-state index < -0.39 is 0 Å². The zero-order valence-corrected chi connectivity index (χ0v) is 19.8. The lowest BCUT2D eigenvalue weighted by atomic mass is 9.78. The molecule has 6 heteroatoms. The highest BCUT2D eigenvalue weighted by Crippen LogP contribution is 2.47. The van der Waals surface area contributed by atoms with Crippen molar-refractivity contribution in [3.8, 4) is 0 Å². The molecule has 0 spiro atoms. The van der Waals surface area contributed by atoms with Crippen LogP contribution in [0.5, 0.6) is 0 Å². The van der Waals surface area contributed by atoms with E-state index in [1.165, 1.54) is 12.1 Å². The van der Waals surface area contributed by atoms with Gasteiger partial charge in [0.15, 0.2) is 0 Å². The summed E-state index contributed by atoms with van der Waals surface area (Å²) in [5.74, 6) is 1.23. The van der Waals surface area contributed by atoms with Gasteiger partial charge in [-0.3, -0.25) is 0 Å². The number of halogens is 1. The van der Waals surface area contributed by atoms with Crippen molar-refractivity contribution >= 4 is 23.0 Å². The number of para-hydroxylation sites is 1. The number of unbranched alkanes of at least 4 members (excludes halogenated alkanes) is 1. The van der Waals surface area contributed by atoms with E-state index in [1.54, 1.807) is 0 Å². The Balaban J connectivity index is 1.53. The van der Waals surface area contributed by atoms with E-state index in [4.69, 9.17) is 9.97 Å². The minimum Gasteiger partial charge on any atom is -0.393 e. The van der Waals surface area contributed by atoms with Crippen LogP contribution in [0, 0.1) is 11.7 Å². The van der Waals surface area contributed by atoms with Crippen molar-refractivity contribution in [2.45, 2.75) is 57.5 Å². The van der Waals surface area contributed by atoms with Crippen molar-refractivity contribution in [1.82, 2.24) is 9.97 Å². The van der Waals surface area contributed by atoms with Gasteiger partial charge in [-0.1, -0.05) is 31.5 Å². The van der Waals surface area contributed by atoms with Gasteiger partial charge in [0.1, 0.15) is 5.82 Å². The predicted octanol–water partition coefficient (Wildman–Crippen LogP) is 6.34. The van der Waals surface area contributed by atoms with Crippen LogP contribution >= 0.6 is 0 Å². The smallest absolute Gasteiger partial charge is 0.230 e. The Labute approximate surface area is 201 Å². The van der Waals surface area contributed by atoms with Crippen LogP contribution in [0.4, 0.5) is 27.4 Å². The largest absolute Gasteiger partial charge is 0.393 e. The standard InChI is InChI=1S/C28H33FN4O/c1-2-3-17-32(22-7-5-4-6-8-22)28-30-18-26-27(31-28)25(20-9-15-24(34)16-10-20)19-33(26)23-13-11-21(29)12-14-23/h4-8,11-14,18,20,24-25,34H,2-3,9-10,15-17,19H2,1H3. The molecular weight excluding hydrogens is 427 g/mol. The molecule has 1 saturated carbocycles. The number of aliphatic hydroxyl groups excluding tert-OH is 1. The Hall–Kier alpha value is -2.99. The molecule has 2 aromatic carbocycles. The van der Waals surface area contributed by atoms with Gasteiger partial charge in [0.2, 0.25) is 5.95 Å². The highest BCUT2D eigenvalue weighted by Gasteiger charge is 2.38. The minimum absolute atomic E-state index is 0.186. The molecule has 5 rings (SSSR count). The summed E-state index contributed by atoms with van der Waals surface area (Å²) in [6.07, 6.45) is 7.60. The molecule has 0 saturated heterocycles. The second-order valence-electron chi connectivity index (χ2n) is 9.54. The number of rotatable bonds is 7. The summed E-state index contributed by atoms with van der Waals surface area (Å²) >= 11 is 0. The molecule has 34 heavy (non-hydrogen) atoms. The number of hydrogen-bond acceptors (Lipinski definition) is 5. The zero-order valence-electron chi connectivity index (χ0n) is 19.8. The predicted molar refractivity (Wildman–Crippen MR) is 134 cm³/mol. The van der Waals surface area contributed by atoms with Crippen molar-refractivity contribution in [3.63, 3.8) is 0 Å². The van der Waals surface area contributed by atoms with Gasteiger partial charge < -0.3 is 14.9 Å². The monoisotopic (exact) mass is 460 g/mol. The Bertz CT molecular complexity index is 1080. The maximum absolute atomic E-state index is 13.6. The summed E-state index contributed by atoms with van der Waals surface area (Å²) in [6.45, 7) is 3.86. The van der Waals surface area contributed by atoms with Crippen LogP contribution < -0.4 is 9.80 Å². The normalized spacial score (nSPS) is 22.0. The number of benzene rings is 2. The molecule has 1 fully saturated rings. The third kappa shape index (κ3) is 4.64. The van der Waals surface area contributed by atoms with Crippen molar-refractivity contribution in [2.24, 2.45) is 5.92 Å². The molecule has 0 radical (unpaired) electrons. The van der Waals surface area contributed by atoms with Crippen LogP contribution in [-0.2, 0) is 0 Å². The summed E-state index contributed by atoms with van der Waals surface area (Å²) in [5.41, 5.74) is 4.15. The molecule has 2 aliphatic rings. The summed E-state index contributed by atoms with van der Waals surface area (Å²) in [6, 6.07) is 17.0. The van der Waals surface area contributed by atoms with Crippen molar-refractivity contribution in [2.75, 3.05) is 22.9 Å². The van der Waals surface area contributed by atoms with Gasteiger partial charge in [-0.05, 0) is 74.4 Å². The SMILES string of the molecule is CCCCN(c1ccccc1)c1ncc2c(n1)C(C1CCC(O)CC1)CN2c1ccc(F)cc1. The van der Waals surface area contributed by atoms with E-state index in [-0.39, 0.29) is 17.8 Å². The van der Waals surface area contributed by atoms with E-state index in [9.17, 15) is 9.50 Å². The second kappa shape index (κ2) is 10.1. The molecule has 5 nitrogen and oxygen atoms in total. The number of hydrogen-bond donors (Lipinski definition) is 1. The van der Waals surface area contributed by atoms with Crippen LogP contribution in [0.1, 0.15) is 57.1 Å². The molecule has 1 aromatic heterocycles. The van der Waals surface area contributed by atoms with Gasteiger partial charge in [-0.2, -0.15) is 0 Å². The van der Waals surface area contributed by atoms with Crippen molar-refractivity contribution < 1.29 is 9.50 Å². The first-order valence-electron chi connectivity index (χ1n) is 12.5. The summed E-state index contributed by atoms with van der Waals surface area (Å²) in [7, 11) is 0. The topological polar surface area (TPSA) is 52.5 Å². The van der Waals surface area contributed by atoms with Crippen molar-refractivity contribution in [1.29, 1.82) is 0 Å². The number of aliphatic hydroxyl groups is 1. The average molecular weight is 461 g/mol. The molecule has 1 atom stereocenters. The van der Waals surface area contributed by atoms with Crippen LogP contribution in [-0.4, -0.2) is 34.3 Å². The zero-order chi connectivity index (χ0) is 23.5. The van der Waals surface area contributed by atoms with Gasteiger partial charge >= 0.3 is 0 Å². The average Bonchev–Trinajstić information content (AvgIpc) is 3.25. The molecule has 178 valence electrons. The number of fused-ring (bicyclic) bond motifs is 1. The molecular formula is C28H33FN4O.